The third kappa shape index (κ3) is 4.51. The maximum absolute atomic E-state index is 11.8. The first-order valence-electron chi connectivity index (χ1n) is 5.71. The molecule has 0 unspecified atom stereocenters. The average Bonchev–Trinajstić information content (AvgIpc) is 2.34. The van der Waals surface area contributed by atoms with E-state index in [1.165, 1.54) is 0 Å². The minimum absolute atomic E-state index is 0.00149. The fourth-order valence-electron chi connectivity index (χ4n) is 1.38. The number of hydrogen-bond acceptors (Lipinski definition) is 7. The van der Waals surface area contributed by atoms with Crippen LogP contribution in [-0.4, -0.2) is 54.0 Å². The largest absolute Gasteiger partial charge is 0.382 e. The molecular formula is C10H18ClN7O. The van der Waals surface area contributed by atoms with Crippen LogP contribution in [0.15, 0.2) is 0 Å². The SMILES string of the molecule is CN(CCN)CCNC(=O)c1nc(Cl)c(N)nc1N. The lowest BCUT2D eigenvalue weighted by Gasteiger charge is -2.15. The van der Waals surface area contributed by atoms with Gasteiger partial charge in [0.2, 0.25) is 0 Å². The standard InChI is InChI=1S/C10H18ClN7O/c1-18(4-2-12)5-3-15-10(19)6-8(13)17-9(14)7(11)16-6/h2-5,12H2,1H3,(H,15,19)(H4,13,14,17). The maximum atomic E-state index is 11.8. The molecular weight excluding hydrogens is 270 g/mol. The number of aromatic nitrogens is 2. The number of rotatable bonds is 6. The van der Waals surface area contributed by atoms with Crippen molar-refractivity contribution < 1.29 is 4.79 Å². The Kier molecular flexibility index (Phi) is 5.74. The second-order valence-corrected chi connectivity index (χ2v) is 4.34. The summed E-state index contributed by atoms with van der Waals surface area (Å²) in [6, 6.07) is 0. The lowest BCUT2D eigenvalue weighted by atomic mass is 10.3. The van der Waals surface area contributed by atoms with Gasteiger partial charge < -0.3 is 27.4 Å². The van der Waals surface area contributed by atoms with Crippen LogP contribution in [-0.2, 0) is 0 Å². The van der Waals surface area contributed by atoms with Crippen molar-refractivity contribution in [3.63, 3.8) is 0 Å². The van der Waals surface area contributed by atoms with E-state index in [9.17, 15) is 4.79 Å². The van der Waals surface area contributed by atoms with Crippen molar-refractivity contribution in [1.29, 1.82) is 0 Å². The molecule has 1 amide bonds. The van der Waals surface area contributed by atoms with Crippen LogP contribution in [0.4, 0.5) is 11.6 Å². The highest BCUT2D eigenvalue weighted by atomic mass is 35.5. The molecule has 0 aliphatic carbocycles. The average molecular weight is 288 g/mol. The van der Waals surface area contributed by atoms with Crippen molar-refractivity contribution in [1.82, 2.24) is 20.2 Å². The van der Waals surface area contributed by atoms with Gasteiger partial charge in [-0.15, -0.1) is 0 Å². The van der Waals surface area contributed by atoms with Crippen LogP contribution in [0.1, 0.15) is 10.5 Å². The summed E-state index contributed by atoms with van der Waals surface area (Å²) < 4.78 is 0. The number of hydrogen-bond donors (Lipinski definition) is 4. The van der Waals surface area contributed by atoms with E-state index in [2.05, 4.69) is 15.3 Å². The summed E-state index contributed by atoms with van der Waals surface area (Å²) in [5.74, 6) is -0.485. The summed E-state index contributed by atoms with van der Waals surface area (Å²) in [4.78, 5) is 21.4. The van der Waals surface area contributed by atoms with Gasteiger partial charge in [0.15, 0.2) is 22.5 Å². The quantitative estimate of drug-likeness (QED) is 0.522. The van der Waals surface area contributed by atoms with E-state index in [0.29, 0.717) is 19.6 Å². The van der Waals surface area contributed by atoms with E-state index in [0.717, 1.165) is 6.54 Å². The Hall–Kier alpha value is -1.64. The smallest absolute Gasteiger partial charge is 0.273 e. The van der Waals surface area contributed by atoms with E-state index >= 15 is 0 Å². The highest BCUT2D eigenvalue weighted by Gasteiger charge is 2.15. The van der Waals surface area contributed by atoms with Crippen LogP contribution in [0.3, 0.4) is 0 Å². The van der Waals surface area contributed by atoms with Gasteiger partial charge in [0.1, 0.15) is 0 Å². The number of carbonyl (C=O) groups excluding carboxylic acids is 1. The Morgan fingerprint density at radius 1 is 1.32 bits per heavy atom. The van der Waals surface area contributed by atoms with Crippen LogP contribution < -0.4 is 22.5 Å². The number of halogens is 1. The number of likely N-dealkylation sites (N-methyl/N-ethyl adjacent to an activating group) is 1. The highest BCUT2D eigenvalue weighted by molar-refractivity contribution is 6.31. The van der Waals surface area contributed by atoms with Gasteiger partial charge in [-0.2, -0.15) is 0 Å². The lowest BCUT2D eigenvalue weighted by Crippen LogP contribution is -2.35. The Balaban J connectivity index is 2.57. The molecule has 0 atom stereocenters. The van der Waals surface area contributed by atoms with Crippen LogP contribution >= 0.6 is 11.6 Å². The summed E-state index contributed by atoms with van der Waals surface area (Å²) in [6.07, 6.45) is 0. The first-order valence-corrected chi connectivity index (χ1v) is 6.08. The van der Waals surface area contributed by atoms with Crippen molar-refractivity contribution in [2.45, 2.75) is 0 Å². The molecule has 0 bridgehead atoms. The van der Waals surface area contributed by atoms with Crippen LogP contribution in [0.25, 0.3) is 0 Å². The fourth-order valence-corrected chi connectivity index (χ4v) is 1.51. The minimum atomic E-state index is -0.437. The van der Waals surface area contributed by atoms with Gasteiger partial charge in [0.05, 0.1) is 0 Å². The zero-order valence-corrected chi connectivity index (χ0v) is 11.4. The molecule has 0 aromatic carbocycles. The number of nitrogens with zero attached hydrogens (tertiary/aromatic N) is 3. The number of amides is 1. The van der Waals surface area contributed by atoms with Gasteiger partial charge in [-0.3, -0.25) is 4.79 Å². The summed E-state index contributed by atoms with van der Waals surface area (Å²) in [7, 11) is 1.91. The molecule has 1 aromatic rings. The van der Waals surface area contributed by atoms with Crippen molar-refractivity contribution >= 4 is 29.1 Å². The topological polar surface area (TPSA) is 136 Å². The van der Waals surface area contributed by atoms with Gasteiger partial charge in [-0.25, -0.2) is 9.97 Å². The van der Waals surface area contributed by atoms with Crippen molar-refractivity contribution in [2.75, 3.05) is 44.7 Å². The zero-order chi connectivity index (χ0) is 14.4. The van der Waals surface area contributed by atoms with Gasteiger partial charge in [-0.1, -0.05) is 11.6 Å². The number of nitrogens with one attached hydrogen (secondary N) is 1. The summed E-state index contributed by atoms with van der Waals surface area (Å²) in [6.45, 7) is 2.43. The van der Waals surface area contributed by atoms with E-state index < -0.39 is 5.91 Å². The third-order valence-corrected chi connectivity index (χ3v) is 2.69. The van der Waals surface area contributed by atoms with E-state index in [1.54, 1.807) is 0 Å². The third-order valence-electron chi connectivity index (χ3n) is 2.41. The second-order valence-electron chi connectivity index (χ2n) is 3.98. The molecule has 0 saturated heterocycles. The molecule has 7 N–H and O–H groups in total. The van der Waals surface area contributed by atoms with Crippen LogP contribution in [0.5, 0.6) is 0 Å². The first-order chi connectivity index (χ1) is 8.95. The molecule has 1 rings (SSSR count). The Morgan fingerprint density at radius 2 is 2.00 bits per heavy atom. The summed E-state index contributed by atoms with van der Waals surface area (Å²) in [5.41, 5.74) is 16.4. The maximum Gasteiger partial charge on any atom is 0.273 e. The van der Waals surface area contributed by atoms with Crippen molar-refractivity contribution in [3.05, 3.63) is 10.8 Å². The Bertz CT molecular complexity index is 454. The lowest BCUT2D eigenvalue weighted by molar-refractivity contribution is 0.0946. The second kappa shape index (κ2) is 7.07. The Morgan fingerprint density at radius 3 is 2.63 bits per heavy atom. The summed E-state index contributed by atoms with van der Waals surface area (Å²) >= 11 is 5.70. The van der Waals surface area contributed by atoms with Gasteiger partial charge in [0.25, 0.3) is 5.91 Å². The van der Waals surface area contributed by atoms with E-state index in [-0.39, 0.29) is 22.5 Å². The van der Waals surface area contributed by atoms with Crippen LogP contribution in [0.2, 0.25) is 5.15 Å². The highest BCUT2D eigenvalue weighted by Crippen LogP contribution is 2.16. The predicted molar refractivity (Wildman–Crippen MR) is 74.8 cm³/mol. The number of nitrogen functional groups attached to an aromatic ring is 2. The van der Waals surface area contributed by atoms with E-state index in [4.69, 9.17) is 28.8 Å². The molecule has 106 valence electrons. The first kappa shape index (κ1) is 15.4. The van der Waals surface area contributed by atoms with Gasteiger partial charge in [-0.05, 0) is 7.05 Å². The molecule has 1 heterocycles. The number of carbonyl (C=O) groups is 1. The monoisotopic (exact) mass is 287 g/mol. The fraction of sp³-hybridized carbons (Fsp3) is 0.500. The molecule has 1 aromatic heterocycles. The molecule has 0 aliphatic rings. The normalized spacial score (nSPS) is 10.7. The number of nitrogens with two attached hydrogens (primary N) is 3. The molecule has 0 radical (unpaired) electrons. The van der Waals surface area contributed by atoms with Crippen molar-refractivity contribution in [3.8, 4) is 0 Å². The molecule has 0 spiro atoms. The molecule has 19 heavy (non-hydrogen) atoms. The van der Waals surface area contributed by atoms with Gasteiger partial charge in [0, 0.05) is 26.2 Å². The minimum Gasteiger partial charge on any atom is -0.382 e. The van der Waals surface area contributed by atoms with E-state index in [1.807, 2.05) is 11.9 Å². The molecule has 0 fully saturated rings. The molecule has 0 aliphatic heterocycles. The van der Waals surface area contributed by atoms with Gasteiger partial charge >= 0.3 is 0 Å². The van der Waals surface area contributed by atoms with Crippen molar-refractivity contribution in [2.24, 2.45) is 5.73 Å². The molecule has 9 heteroatoms. The molecule has 0 saturated carbocycles. The zero-order valence-electron chi connectivity index (χ0n) is 10.7. The number of anilines is 2. The Labute approximate surface area is 116 Å². The predicted octanol–water partition coefficient (Wildman–Crippen LogP) is -1.09. The molecule has 8 nitrogen and oxygen atoms in total. The summed E-state index contributed by atoms with van der Waals surface area (Å²) in [5, 5.41) is 2.63. The van der Waals surface area contributed by atoms with Crippen LogP contribution in [0, 0.1) is 0 Å².